The zero-order chi connectivity index (χ0) is 22.3. The first kappa shape index (κ1) is 24.5. The van der Waals surface area contributed by atoms with Crippen LogP contribution in [0.25, 0.3) is 10.2 Å². The molecule has 2 atom stereocenters. The van der Waals surface area contributed by atoms with E-state index in [1.165, 1.54) is 17.7 Å². The first-order valence-corrected chi connectivity index (χ1v) is 12.2. The van der Waals surface area contributed by atoms with Crippen molar-refractivity contribution in [2.75, 3.05) is 0 Å². The molecule has 1 saturated carbocycles. The number of nitrogens with two attached hydrogens (primary N) is 1. The summed E-state index contributed by atoms with van der Waals surface area (Å²) in [7, 11) is 0. The predicted molar refractivity (Wildman–Crippen MR) is 123 cm³/mol. The van der Waals surface area contributed by atoms with Gasteiger partial charge in [-0.25, -0.2) is 9.97 Å². The summed E-state index contributed by atoms with van der Waals surface area (Å²) < 4.78 is 6.30. The van der Waals surface area contributed by atoms with E-state index in [0.29, 0.717) is 12.3 Å². The van der Waals surface area contributed by atoms with E-state index in [4.69, 9.17) is 10.5 Å². The first-order valence-electron chi connectivity index (χ1n) is 11.4. The molecule has 1 unspecified atom stereocenters. The lowest BCUT2D eigenvalue weighted by Gasteiger charge is -2.26. The maximum absolute atomic E-state index is 11.3. The first-order chi connectivity index (χ1) is 14.5. The Kier molecular flexibility index (Phi) is 9.49. The number of aromatic nitrogens is 2. The van der Waals surface area contributed by atoms with Crippen molar-refractivity contribution in [3.05, 3.63) is 16.8 Å². The summed E-state index contributed by atoms with van der Waals surface area (Å²) in [6.07, 6.45) is 7.36. The standard InChI is InChI=1S/C19H25N3O3S.2C2H6/c1-10-2-5-12(6-3-10)25-18-16-15-11(8-13(23)17(20)24)4-7-14(15)26-19(16)22-9-21-18;2*1-2/h9-13,23H,2-8H2,1H3,(H2,20,24);2*1-2H3/t10?,11-,12?,13?;;/m1../s1. The number of carbonyl (C=O) groups excluding carboxylic acids is 1. The van der Waals surface area contributed by atoms with Crippen molar-refractivity contribution in [3.8, 4) is 5.88 Å². The lowest BCUT2D eigenvalue weighted by atomic mass is 9.89. The van der Waals surface area contributed by atoms with Crippen LogP contribution in [0.15, 0.2) is 6.33 Å². The highest BCUT2D eigenvalue weighted by atomic mass is 32.1. The van der Waals surface area contributed by atoms with Gasteiger partial charge >= 0.3 is 0 Å². The van der Waals surface area contributed by atoms with Crippen LogP contribution in [-0.4, -0.2) is 33.2 Å². The summed E-state index contributed by atoms with van der Waals surface area (Å²) in [5.74, 6) is 0.862. The van der Waals surface area contributed by atoms with Gasteiger partial charge in [-0.05, 0) is 62.3 Å². The van der Waals surface area contributed by atoms with Gasteiger partial charge in [0.05, 0.1) is 5.39 Å². The fraction of sp³-hybridized carbons (Fsp3) is 0.696. The average Bonchev–Trinajstić information content (AvgIpc) is 3.32. The third kappa shape index (κ3) is 5.49. The number of amides is 1. The molecule has 0 radical (unpaired) electrons. The Hall–Kier alpha value is -1.73. The highest BCUT2D eigenvalue weighted by molar-refractivity contribution is 7.19. The number of ether oxygens (including phenoxy) is 1. The number of thiophene rings is 1. The molecule has 6 nitrogen and oxygen atoms in total. The third-order valence-corrected chi connectivity index (χ3v) is 6.95. The fourth-order valence-corrected chi connectivity index (χ4v) is 5.49. The highest BCUT2D eigenvalue weighted by Crippen LogP contribution is 2.47. The van der Waals surface area contributed by atoms with Crippen LogP contribution in [0.3, 0.4) is 0 Å². The number of aliphatic hydroxyl groups is 1. The van der Waals surface area contributed by atoms with E-state index in [2.05, 4.69) is 16.9 Å². The second-order valence-corrected chi connectivity index (χ2v) is 8.77. The second kappa shape index (κ2) is 11.6. The minimum absolute atomic E-state index is 0.0981. The monoisotopic (exact) mass is 435 g/mol. The number of aliphatic hydroxyl groups excluding tert-OH is 1. The molecule has 30 heavy (non-hydrogen) atoms. The summed E-state index contributed by atoms with van der Waals surface area (Å²) in [5.41, 5.74) is 6.41. The van der Waals surface area contributed by atoms with Crippen LogP contribution in [0.1, 0.15) is 89.5 Å². The van der Waals surface area contributed by atoms with Gasteiger partial charge in [0.2, 0.25) is 11.8 Å². The highest BCUT2D eigenvalue weighted by Gasteiger charge is 2.33. The molecule has 168 valence electrons. The van der Waals surface area contributed by atoms with Crippen LogP contribution in [0.4, 0.5) is 0 Å². The zero-order valence-electron chi connectivity index (χ0n) is 19.0. The third-order valence-electron chi connectivity index (χ3n) is 5.77. The molecule has 0 aliphatic heterocycles. The quantitative estimate of drug-likeness (QED) is 0.691. The van der Waals surface area contributed by atoms with Gasteiger partial charge in [0.15, 0.2) is 0 Å². The van der Waals surface area contributed by atoms with E-state index in [-0.39, 0.29) is 12.0 Å². The van der Waals surface area contributed by atoms with Crippen LogP contribution in [0.2, 0.25) is 0 Å². The summed E-state index contributed by atoms with van der Waals surface area (Å²) in [6.45, 7) is 10.3. The molecule has 3 N–H and O–H groups in total. The van der Waals surface area contributed by atoms with Crippen LogP contribution in [0, 0.1) is 5.92 Å². The van der Waals surface area contributed by atoms with Crippen LogP contribution in [0.5, 0.6) is 5.88 Å². The van der Waals surface area contributed by atoms with E-state index in [1.54, 1.807) is 17.7 Å². The molecule has 1 amide bonds. The number of fused-ring (bicyclic) bond motifs is 3. The van der Waals surface area contributed by atoms with Gasteiger partial charge in [-0.2, -0.15) is 0 Å². The van der Waals surface area contributed by atoms with E-state index in [9.17, 15) is 9.90 Å². The molecule has 4 rings (SSSR count). The van der Waals surface area contributed by atoms with E-state index >= 15 is 0 Å². The van der Waals surface area contributed by atoms with Crippen molar-refractivity contribution in [2.24, 2.45) is 11.7 Å². The number of primary amides is 1. The molecule has 2 aromatic rings. The van der Waals surface area contributed by atoms with Gasteiger partial charge in [-0.3, -0.25) is 4.79 Å². The minimum atomic E-state index is -1.12. The molecule has 0 bridgehead atoms. The van der Waals surface area contributed by atoms with Gasteiger partial charge in [-0.1, -0.05) is 34.6 Å². The maximum atomic E-state index is 11.3. The smallest absolute Gasteiger partial charge is 0.246 e. The van der Waals surface area contributed by atoms with Crippen molar-refractivity contribution in [2.45, 2.75) is 97.7 Å². The van der Waals surface area contributed by atoms with Gasteiger partial charge in [0.25, 0.3) is 0 Å². The van der Waals surface area contributed by atoms with E-state index in [1.807, 2.05) is 27.7 Å². The van der Waals surface area contributed by atoms with Crippen molar-refractivity contribution in [3.63, 3.8) is 0 Å². The van der Waals surface area contributed by atoms with Crippen molar-refractivity contribution < 1.29 is 14.6 Å². The minimum Gasteiger partial charge on any atom is -0.474 e. The molecule has 2 heterocycles. The molecule has 7 heteroatoms. The van der Waals surface area contributed by atoms with Crippen LogP contribution >= 0.6 is 11.3 Å². The van der Waals surface area contributed by atoms with E-state index < -0.39 is 12.0 Å². The molecule has 0 saturated heterocycles. The Labute approximate surface area is 184 Å². The van der Waals surface area contributed by atoms with E-state index in [0.717, 1.165) is 47.4 Å². The number of hydrogen-bond donors (Lipinski definition) is 2. The number of nitrogens with zero attached hydrogens (tertiary/aromatic N) is 2. The molecular weight excluding hydrogens is 398 g/mol. The normalized spacial score (nSPS) is 23.5. The lowest BCUT2D eigenvalue weighted by molar-refractivity contribution is -0.126. The SMILES string of the molecule is CC.CC.CC1CCC(Oc2ncnc3sc4c(c23)[C@@H](CC(O)C(N)=O)CC4)CC1. The molecule has 1 fully saturated rings. The Morgan fingerprint density at radius 2 is 1.87 bits per heavy atom. The Bertz CT molecular complexity index is 815. The molecular formula is C23H37N3O3S. The Morgan fingerprint density at radius 1 is 1.20 bits per heavy atom. The molecule has 2 aliphatic rings. The predicted octanol–water partition coefficient (Wildman–Crippen LogP) is 4.97. The summed E-state index contributed by atoms with van der Waals surface area (Å²) >= 11 is 1.67. The van der Waals surface area contributed by atoms with Gasteiger partial charge in [0, 0.05) is 4.88 Å². The molecule has 2 aromatic heterocycles. The van der Waals surface area contributed by atoms with Crippen molar-refractivity contribution in [1.29, 1.82) is 0 Å². The molecule has 2 aliphatic carbocycles. The summed E-state index contributed by atoms with van der Waals surface area (Å²) in [4.78, 5) is 22.4. The fourth-order valence-electron chi connectivity index (χ4n) is 4.26. The van der Waals surface area contributed by atoms with Crippen molar-refractivity contribution in [1.82, 2.24) is 9.97 Å². The summed E-state index contributed by atoms with van der Waals surface area (Å²) in [6, 6.07) is 0. The van der Waals surface area contributed by atoms with Crippen LogP contribution in [-0.2, 0) is 11.2 Å². The molecule has 0 aromatic carbocycles. The Morgan fingerprint density at radius 3 is 2.50 bits per heavy atom. The topological polar surface area (TPSA) is 98.3 Å². The number of rotatable bonds is 5. The van der Waals surface area contributed by atoms with Gasteiger partial charge in [0.1, 0.15) is 23.4 Å². The van der Waals surface area contributed by atoms with Crippen molar-refractivity contribution >= 4 is 27.5 Å². The Balaban J connectivity index is 0.000000757. The second-order valence-electron chi connectivity index (χ2n) is 7.69. The number of carbonyl (C=O) groups is 1. The summed E-state index contributed by atoms with van der Waals surface area (Å²) in [5, 5.41) is 10.9. The van der Waals surface area contributed by atoms with Gasteiger partial charge < -0.3 is 15.6 Å². The maximum Gasteiger partial charge on any atom is 0.246 e. The average molecular weight is 436 g/mol. The number of aryl methyl sites for hydroxylation is 1. The molecule has 0 spiro atoms. The number of hydrogen-bond acceptors (Lipinski definition) is 6. The largest absolute Gasteiger partial charge is 0.474 e. The lowest BCUT2D eigenvalue weighted by Crippen LogP contribution is -2.29. The van der Waals surface area contributed by atoms with Gasteiger partial charge in [-0.15, -0.1) is 11.3 Å². The zero-order valence-corrected chi connectivity index (χ0v) is 19.8. The van der Waals surface area contributed by atoms with Crippen LogP contribution < -0.4 is 10.5 Å².